The van der Waals surface area contributed by atoms with E-state index in [0.717, 1.165) is 16.9 Å². The van der Waals surface area contributed by atoms with Crippen molar-refractivity contribution in [1.29, 1.82) is 0 Å². The fraction of sp³-hybridized carbons (Fsp3) is 0.222. The van der Waals surface area contributed by atoms with Gasteiger partial charge >= 0.3 is 0 Å². The summed E-state index contributed by atoms with van der Waals surface area (Å²) in [5.74, 6) is 1.77. The number of rotatable bonds is 4. The minimum absolute atomic E-state index is 0.160. The fourth-order valence-electron chi connectivity index (χ4n) is 2.75. The normalized spacial score (nSPS) is 13.9. The molecular weight excluding hydrogens is 334 g/mol. The number of benzene rings is 2. The van der Waals surface area contributed by atoms with Crippen molar-refractivity contribution in [3.63, 3.8) is 0 Å². The SMILES string of the molecule is C[C@H](NC(=O)c1ccc(-c2nn[nH]n2)cc1)c1ccc2c(c1)OCCO2. The zero-order valence-electron chi connectivity index (χ0n) is 14.1. The summed E-state index contributed by atoms with van der Waals surface area (Å²) in [5, 5.41) is 16.7. The van der Waals surface area contributed by atoms with E-state index in [-0.39, 0.29) is 11.9 Å². The van der Waals surface area contributed by atoms with Gasteiger partial charge in [0.05, 0.1) is 6.04 Å². The highest BCUT2D eigenvalue weighted by molar-refractivity contribution is 5.94. The number of nitrogens with one attached hydrogen (secondary N) is 2. The molecule has 0 saturated heterocycles. The zero-order chi connectivity index (χ0) is 17.9. The lowest BCUT2D eigenvalue weighted by molar-refractivity contribution is 0.0939. The molecule has 8 nitrogen and oxygen atoms in total. The zero-order valence-corrected chi connectivity index (χ0v) is 14.1. The lowest BCUT2D eigenvalue weighted by atomic mass is 10.1. The molecule has 8 heteroatoms. The third-order valence-corrected chi connectivity index (χ3v) is 4.16. The number of carbonyl (C=O) groups is 1. The van der Waals surface area contributed by atoms with E-state index < -0.39 is 0 Å². The second-order valence-electron chi connectivity index (χ2n) is 5.91. The van der Waals surface area contributed by atoms with Crippen molar-refractivity contribution in [3.05, 3.63) is 53.6 Å². The molecule has 1 aliphatic heterocycles. The molecule has 1 atom stereocenters. The van der Waals surface area contributed by atoms with E-state index in [0.29, 0.717) is 30.4 Å². The average molecular weight is 351 g/mol. The highest BCUT2D eigenvalue weighted by Crippen LogP contribution is 2.32. The van der Waals surface area contributed by atoms with Crippen LogP contribution in [0.5, 0.6) is 11.5 Å². The minimum atomic E-state index is -0.171. The fourth-order valence-corrected chi connectivity index (χ4v) is 2.75. The first-order chi connectivity index (χ1) is 12.7. The molecule has 2 N–H and O–H groups in total. The predicted octanol–water partition coefficient (Wildman–Crippen LogP) is 2.13. The molecule has 3 aromatic rings. The van der Waals surface area contributed by atoms with E-state index in [4.69, 9.17) is 9.47 Å². The summed E-state index contributed by atoms with van der Waals surface area (Å²) in [4.78, 5) is 12.5. The van der Waals surface area contributed by atoms with Crippen LogP contribution in [0.15, 0.2) is 42.5 Å². The number of H-pyrrole nitrogens is 1. The summed E-state index contributed by atoms with van der Waals surface area (Å²) >= 11 is 0. The number of aromatic amines is 1. The summed E-state index contributed by atoms with van der Waals surface area (Å²) < 4.78 is 11.1. The van der Waals surface area contributed by atoms with Gasteiger partial charge in [0.15, 0.2) is 11.5 Å². The van der Waals surface area contributed by atoms with Crippen LogP contribution in [-0.2, 0) is 0 Å². The molecule has 4 rings (SSSR count). The Labute approximate surface area is 149 Å². The molecule has 2 aromatic carbocycles. The Morgan fingerprint density at radius 3 is 2.62 bits per heavy atom. The standard InChI is InChI=1S/C18H17N5O3/c1-11(14-6-7-15-16(10-14)26-9-8-25-15)19-18(24)13-4-2-12(3-5-13)17-20-22-23-21-17/h2-7,10-11H,8-9H2,1H3,(H,19,24)(H,20,21,22,23)/t11-/m0/s1. The van der Waals surface area contributed by atoms with E-state index in [9.17, 15) is 4.79 Å². The van der Waals surface area contributed by atoms with Crippen molar-refractivity contribution < 1.29 is 14.3 Å². The van der Waals surface area contributed by atoms with Gasteiger partial charge in [-0.1, -0.05) is 18.2 Å². The Kier molecular flexibility index (Phi) is 4.22. The van der Waals surface area contributed by atoms with Gasteiger partial charge in [-0.05, 0) is 42.0 Å². The molecule has 0 fully saturated rings. The van der Waals surface area contributed by atoms with Gasteiger partial charge < -0.3 is 14.8 Å². The first-order valence-electron chi connectivity index (χ1n) is 8.25. The molecule has 0 bridgehead atoms. The quantitative estimate of drug-likeness (QED) is 0.746. The van der Waals surface area contributed by atoms with Gasteiger partial charge in [-0.3, -0.25) is 4.79 Å². The van der Waals surface area contributed by atoms with E-state index in [2.05, 4.69) is 25.9 Å². The van der Waals surface area contributed by atoms with Crippen LogP contribution in [0.4, 0.5) is 0 Å². The average Bonchev–Trinajstić information content (AvgIpc) is 3.22. The van der Waals surface area contributed by atoms with Gasteiger partial charge in [0.1, 0.15) is 13.2 Å². The highest BCUT2D eigenvalue weighted by atomic mass is 16.6. The number of amides is 1. The van der Waals surface area contributed by atoms with E-state index >= 15 is 0 Å². The van der Waals surface area contributed by atoms with Crippen molar-refractivity contribution >= 4 is 5.91 Å². The smallest absolute Gasteiger partial charge is 0.251 e. The first kappa shape index (κ1) is 16.1. The van der Waals surface area contributed by atoms with Crippen LogP contribution in [0, 0.1) is 0 Å². The third kappa shape index (κ3) is 3.21. The number of nitrogens with zero attached hydrogens (tertiary/aromatic N) is 3. The number of hydrogen-bond donors (Lipinski definition) is 2. The Morgan fingerprint density at radius 1 is 1.12 bits per heavy atom. The number of hydrogen-bond acceptors (Lipinski definition) is 6. The maximum Gasteiger partial charge on any atom is 0.251 e. The molecular formula is C18H17N5O3. The maximum absolute atomic E-state index is 12.5. The van der Waals surface area contributed by atoms with Gasteiger partial charge in [0.25, 0.3) is 5.91 Å². The van der Waals surface area contributed by atoms with Gasteiger partial charge in [-0.15, -0.1) is 10.2 Å². The van der Waals surface area contributed by atoms with Crippen molar-refractivity contribution in [1.82, 2.24) is 25.9 Å². The number of tetrazole rings is 1. The van der Waals surface area contributed by atoms with Gasteiger partial charge in [0, 0.05) is 11.1 Å². The van der Waals surface area contributed by atoms with Crippen LogP contribution in [0.3, 0.4) is 0 Å². The molecule has 26 heavy (non-hydrogen) atoms. The first-order valence-corrected chi connectivity index (χ1v) is 8.25. The van der Waals surface area contributed by atoms with Crippen molar-refractivity contribution in [2.45, 2.75) is 13.0 Å². The third-order valence-electron chi connectivity index (χ3n) is 4.16. The van der Waals surface area contributed by atoms with Crippen LogP contribution in [0.1, 0.15) is 28.9 Å². The molecule has 2 heterocycles. The van der Waals surface area contributed by atoms with Crippen molar-refractivity contribution in [2.24, 2.45) is 0 Å². The lowest BCUT2D eigenvalue weighted by Gasteiger charge is -2.21. The molecule has 1 amide bonds. The second kappa shape index (κ2) is 6.83. The van der Waals surface area contributed by atoms with E-state index in [1.165, 1.54) is 0 Å². The molecule has 0 radical (unpaired) electrons. The van der Waals surface area contributed by atoms with Crippen LogP contribution in [-0.4, -0.2) is 39.7 Å². The number of fused-ring (bicyclic) bond motifs is 1. The summed E-state index contributed by atoms with van der Waals surface area (Å²) in [7, 11) is 0. The second-order valence-corrected chi connectivity index (χ2v) is 5.91. The Morgan fingerprint density at radius 2 is 1.88 bits per heavy atom. The highest BCUT2D eigenvalue weighted by Gasteiger charge is 2.16. The largest absolute Gasteiger partial charge is 0.486 e. The number of aromatic nitrogens is 4. The number of ether oxygens (including phenoxy) is 2. The minimum Gasteiger partial charge on any atom is -0.486 e. The Balaban J connectivity index is 1.45. The summed E-state index contributed by atoms with van der Waals surface area (Å²) in [6.45, 7) is 3.01. The van der Waals surface area contributed by atoms with Gasteiger partial charge in [-0.25, -0.2) is 0 Å². The van der Waals surface area contributed by atoms with E-state index in [1.54, 1.807) is 24.3 Å². The van der Waals surface area contributed by atoms with Gasteiger partial charge in [-0.2, -0.15) is 5.21 Å². The Bertz CT molecular complexity index is 909. The lowest BCUT2D eigenvalue weighted by Crippen LogP contribution is -2.26. The molecule has 1 aromatic heterocycles. The van der Waals surface area contributed by atoms with E-state index in [1.807, 2.05) is 25.1 Å². The molecule has 0 unspecified atom stereocenters. The molecule has 0 aliphatic carbocycles. The Hall–Kier alpha value is -3.42. The summed E-state index contributed by atoms with van der Waals surface area (Å²) in [6.07, 6.45) is 0. The molecule has 0 spiro atoms. The summed E-state index contributed by atoms with van der Waals surface area (Å²) in [5.41, 5.74) is 2.29. The summed E-state index contributed by atoms with van der Waals surface area (Å²) in [6, 6.07) is 12.6. The van der Waals surface area contributed by atoms with Crippen LogP contribution in [0.25, 0.3) is 11.4 Å². The topological polar surface area (TPSA) is 102 Å². The maximum atomic E-state index is 12.5. The van der Waals surface area contributed by atoms with Crippen molar-refractivity contribution in [2.75, 3.05) is 13.2 Å². The van der Waals surface area contributed by atoms with Crippen LogP contribution in [0.2, 0.25) is 0 Å². The molecule has 132 valence electrons. The number of carbonyl (C=O) groups excluding carboxylic acids is 1. The van der Waals surface area contributed by atoms with Crippen LogP contribution < -0.4 is 14.8 Å². The van der Waals surface area contributed by atoms with Gasteiger partial charge in [0.2, 0.25) is 5.82 Å². The molecule has 0 saturated carbocycles. The monoisotopic (exact) mass is 351 g/mol. The predicted molar refractivity (Wildman–Crippen MR) is 92.9 cm³/mol. The van der Waals surface area contributed by atoms with Crippen molar-refractivity contribution in [3.8, 4) is 22.9 Å². The molecule has 1 aliphatic rings. The van der Waals surface area contributed by atoms with Crippen LogP contribution >= 0.6 is 0 Å².